The number of carbonyl (C=O) groups is 3. The summed E-state index contributed by atoms with van der Waals surface area (Å²) in [5.41, 5.74) is 6.00. The van der Waals surface area contributed by atoms with E-state index in [0.717, 1.165) is 0 Å². The van der Waals surface area contributed by atoms with E-state index in [4.69, 9.17) is 22.1 Å². The topological polar surface area (TPSA) is 102 Å². The lowest BCUT2D eigenvalue weighted by Crippen LogP contribution is -2.41. The second-order valence-electron chi connectivity index (χ2n) is 5.68. The molecule has 1 aliphatic heterocycles. The molecular weight excluding hydrogens is 334 g/mol. The van der Waals surface area contributed by atoms with Crippen molar-refractivity contribution in [3.05, 3.63) is 22.7 Å². The number of rotatable bonds is 4. The normalized spacial score (nSPS) is 15.0. The van der Waals surface area contributed by atoms with Gasteiger partial charge in [0.25, 0.3) is 5.91 Å². The number of benzene rings is 1. The molecule has 1 aromatic rings. The Balaban J connectivity index is 2.21. The minimum Gasteiger partial charge on any atom is -0.496 e. The molecule has 0 saturated carbocycles. The predicted molar refractivity (Wildman–Crippen MR) is 90.1 cm³/mol. The molecule has 0 atom stereocenters. The van der Waals surface area contributed by atoms with Gasteiger partial charge < -0.3 is 20.7 Å². The number of nitrogens with two attached hydrogens (primary N) is 1. The largest absolute Gasteiger partial charge is 0.496 e. The van der Waals surface area contributed by atoms with Crippen molar-refractivity contribution in [1.82, 2.24) is 4.90 Å². The number of nitrogens with zero attached hydrogens (tertiary/aromatic N) is 1. The third-order valence-electron chi connectivity index (χ3n) is 4.01. The van der Waals surface area contributed by atoms with Crippen LogP contribution in [0.15, 0.2) is 12.1 Å². The minimum atomic E-state index is -0.331. The van der Waals surface area contributed by atoms with E-state index in [0.29, 0.717) is 42.9 Å². The first-order chi connectivity index (χ1) is 11.3. The molecule has 1 aromatic carbocycles. The van der Waals surface area contributed by atoms with Crippen molar-refractivity contribution in [2.45, 2.75) is 19.8 Å². The van der Waals surface area contributed by atoms with Crippen LogP contribution in [0.2, 0.25) is 5.02 Å². The lowest BCUT2D eigenvalue weighted by Gasteiger charge is -2.31. The number of likely N-dealkylation sites (tertiary alicyclic amines) is 1. The summed E-state index contributed by atoms with van der Waals surface area (Å²) in [6.07, 6.45) is 1.09. The van der Waals surface area contributed by atoms with Gasteiger partial charge in [0.2, 0.25) is 11.8 Å². The smallest absolute Gasteiger partial charge is 0.257 e. The van der Waals surface area contributed by atoms with Crippen LogP contribution in [0, 0.1) is 5.92 Å². The van der Waals surface area contributed by atoms with E-state index < -0.39 is 0 Å². The van der Waals surface area contributed by atoms with E-state index in [1.54, 1.807) is 4.90 Å². The van der Waals surface area contributed by atoms with Crippen LogP contribution >= 0.6 is 11.6 Å². The molecule has 0 aliphatic carbocycles. The quantitative estimate of drug-likeness (QED) is 0.859. The summed E-state index contributed by atoms with van der Waals surface area (Å²) >= 11 is 6.15. The second-order valence-corrected chi connectivity index (χ2v) is 6.09. The van der Waals surface area contributed by atoms with Crippen LogP contribution in [0.3, 0.4) is 0 Å². The maximum Gasteiger partial charge on any atom is 0.257 e. The van der Waals surface area contributed by atoms with Crippen molar-refractivity contribution in [2.24, 2.45) is 11.7 Å². The number of primary amides is 1. The number of methoxy groups -OCH3 is 1. The zero-order valence-corrected chi connectivity index (χ0v) is 14.4. The first-order valence-electron chi connectivity index (χ1n) is 7.57. The van der Waals surface area contributed by atoms with E-state index in [1.807, 2.05) is 0 Å². The summed E-state index contributed by atoms with van der Waals surface area (Å²) in [6, 6.07) is 3.00. The van der Waals surface area contributed by atoms with Gasteiger partial charge in [-0.05, 0) is 18.9 Å². The van der Waals surface area contributed by atoms with E-state index in [1.165, 1.54) is 26.2 Å². The highest BCUT2D eigenvalue weighted by Gasteiger charge is 2.28. The van der Waals surface area contributed by atoms with Gasteiger partial charge in [-0.3, -0.25) is 14.4 Å². The molecule has 2 rings (SSSR count). The van der Waals surface area contributed by atoms with Crippen molar-refractivity contribution in [2.75, 3.05) is 25.5 Å². The number of amides is 3. The molecule has 3 amide bonds. The summed E-state index contributed by atoms with van der Waals surface area (Å²) in [7, 11) is 1.44. The zero-order chi connectivity index (χ0) is 17.9. The molecule has 1 saturated heterocycles. The maximum absolute atomic E-state index is 12.7. The van der Waals surface area contributed by atoms with Crippen LogP contribution in [0.25, 0.3) is 0 Å². The van der Waals surface area contributed by atoms with Gasteiger partial charge in [0.15, 0.2) is 0 Å². The van der Waals surface area contributed by atoms with Gasteiger partial charge in [-0.25, -0.2) is 0 Å². The van der Waals surface area contributed by atoms with Gasteiger partial charge in [0, 0.05) is 32.0 Å². The Morgan fingerprint density at radius 3 is 2.42 bits per heavy atom. The van der Waals surface area contributed by atoms with Gasteiger partial charge in [-0.1, -0.05) is 11.6 Å². The lowest BCUT2D eigenvalue weighted by atomic mass is 9.95. The molecule has 0 spiro atoms. The number of ether oxygens (including phenoxy) is 1. The monoisotopic (exact) mass is 353 g/mol. The number of carbonyl (C=O) groups excluding carboxylic acids is 3. The Morgan fingerprint density at radius 2 is 1.92 bits per heavy atom. The number of hydrogen-bond acceptors (Lipinski definition) is 4. The van der Waals surface area contributed by atoms with E-state index in [2.05, 4.69) is 5.32 Å². The highest BCUT2D eigenvalue weighted by atomic mass is 35.5. The molecule has 130 valence electrons. The highest BCUT2D eigenvalue weighted by molar-refractivity contribution is 6.34. The molecule has 1 heterocycles. The molecule has 1 fully saturated rings. The van der Waals surface area contributed by atoms with Crippen molar-refractivity contribution in [3.63, 3.8) is 0 Å². The standard InChI is InChI=1S/C16H20ClN3O4/c1-9(21)19-13-8-14(24-2)11(7-12(13)17)16(23)20-5-3-10(4-6-20)15(18)22/h7-8,10H,3-6H2,1-2H3,(H2,18,22)(H,19,21). The van der Waals surface area contributed by atoms with Crippen LogP contribution in [0.1, 0.15) is 30.1 Å². The Bertz CT molecular complexity index is 670. The first-order valence-corrected chi connectivity index (χ1v) is 7.95. The SMILES string of the molecule is COc1cc(NC(C)=O)c(Cl)cc1C(=O)N1CCC(C(N)=O)CC1. The van der Waals surface area contributed by atoms with Crippen molar-refractivity contribution in [1.29, 1.82) is 0 Å². The predicted octanol–water partition coefficient (Wildman–Crippen LogP) is 1.64. The second kappa shape index (κ2) is 7.53. The molecule has 0 unspecified atom stereocenters. The molecule has 24 heavy (non-hydrogen) atoms. The molecule has 3 N–H and O–H groups in total. The fraction of sp³-hybridized carbons (Fsp3) is 0.438. The summed E-state index contributed by atoms with van der Waals surface area (Å²) in [5.74, 6) is -0.702. The van der Waals surface area contributed by atoms with Crippen LogP contribution in [-0.4, -0.2) is 42.8 Å². The fourth-order valence-corrected chi connectivity index (χ4v) is 2.92. The lowest BCUT2D eigenvalue weighted by molar-refractivity contribution is -0.123. The van der Waals surface area contributed by atoms with Gasteiger partial charge >= 0.3 is 0 Å². The average Bonchev–Trinajstić information content (AvgIpc) is 2.55. The van der Waals surface area contributed by atoms with Crippen molar-refractivity contribution < 1.29 is 19.1 Å². The van der Waals surface area contributed by atoms with E-state index in [-0.39, 0.29) is 28.7 Å². The Kier molecular flexibility index (Phi) is 5.66. The van der Waals surface area contributed by atoms with Gasteiger partial charge in [0.05, 0.1) is 23.4 Å². The summed E-state index contributed by atoms with van der Waals surface area (Å²) < 4.78 is 5.26. The molecule has 8 heteroatoms. The van der Waals surface area contributed by atoms with Gasteiger partial charge in [-0.2, -0.15) is 0 Å². The van der Waals surface area contributed by atoms with Gasteiger partial charge in [0.1, 0.15) is 5.75 Å². The zero-order valence-electron chi connectivity index (χ0n) is 13.6. The number of anilines is 1. The molecule has 1 aliphatic rings. The van der Waals surface area contributed by atoms with Crippen LogP contribution in [-0.2, 0) is 9.59 Å². The highest BCUT2D eigenvalue weighted by Crippen LogP contribution is 2.32. The Morgan fingerprint density at radius 1 is 1.29 bits per heavy atom. The number of nitrogens with one attached hydrogen (secondary N) is 1. The van der Waals surface area contributed by atoms with E-state index in [9.17, 15) is 14.4 Å². The van der Waals surface area contributed by atoms with Crippen molar-refractivity contribution in [3.8, 4) is 5.75 Å². The summed E-state index contributed by atoms with van der Waals surface area (Å²) in [6.45, 7) is 2.26. The molecular formula is C16H20ClN3O4. The molecule has 0 bridgehead atoms. The van der Waals surface area contributed by atoms with Crippen LogP contribution in [0.4, 0.5) is 5.69 Å². The number of halogens is 1. The Hall–Kier alpha value is -2.28. The molecule has 0 aromatic heterocycles. The Labute approximate surface area is 145 Å². The van der Waals surface area contributed by atoms with Crippen molar-refractivity contribution >= 4 is 35.0 Å². The third kappa shape index (κ3) is 3.97. The maximum atomic E-state index is 12.7. The number of piperidine rings is 1. The molecule has 7 nitrogen and oxygen atoms in total. The van der Waals surface area contributed by atoms with E-state index >= 15 is 0 Å². The summed E-state index contributed by atoms with van der Waals surface area (Å²) in [4.78, 5) is 36.8. The van der Waals surface area contributed by atoms with Gasteiger partial charge in [-0.15, -0.1) is 0 Å². The minimum absolute atomic E-state index is 0.193. The molecule has 0 radical (unpaired) electrons. The average molecular weight is 354 g/mol. The third-order valence-corrected chi connectivity index (χ3v) is 4.33. The first kappa shape index (κ1) is 18.1. The fourth-order valence-electron chi connectivity index (χ4n) is 2.71. The summed E-state index contributed by atoms with van der Waals surface area (Å²) in [5, 5.41) is 2.84. The van der Waals surface area contributed by atoms with Crippen LogP contribution in [0.5, 0.6) is 5.75 Å². The number of hydrogen-bond donors (Lipinski definition) is 2. The van der Waals surface area contributed by atoms with Crippen LogP contribution < -0.4 is 15.8 Å².